The first-order valence-electron chi connectivity index (χ1n) is 4.51. The van der Waals surface area contributed by atoms with Crippen molar-refractivity contribution in [1.82, 2.24) is 4.57 Å². The van der Waals surface area contributed by atoms with Gasteiger partial charge in [0.1, 0.15) is 17.5 Å². The molecule has 0 atom stereocenters. The number of fused-ring (bicyclic) bond motifs is 1. The lowest BCUT2D eigenvalue weighted by Crippen LogP contribution is -1.95. The number of benzene rings is 1. The van der Waals surface area contributed by atoms with Crippen LogP contribution in [0, 0.1) is 11.3 Å². The van der Waals surface area contributed by atoms with E-state index in [2.05, 4.69) is 6.07 Å². The number of anilines is 1. The maximum absolute atomic E-state index is 8.97. The molecule has 0 saturated carbocycles. The predicted octanol–water partition coefficient (Wildman–Crippen LogP) is 1.64. The summed E-state index contributed by atoms with van der Waals surface area (Å²) in [6, 6.07) is 7.68. The molecule has 0 amide bonds. The van der Waals surface area contributed by atoms with Crippen LogP contribution >= 0.6 is 0 Å². The second kappa shape index (κ2) is 3.21. The third kappa shape index (κ3) is 1.13. The summed E-state index contributed by atoms with van der Waals surface area (Å²) in [6.45, 7) is 0. The maximum atomic E-state index is 8.97. The molecule has 2 rings (SSSR count). The minimum absolute atomic E-state index is 0.467. The molecule has 2 N–H and O–H groups in total. The number of hydrogen-bond donors (Lipinski definition) is 1. The molecule has 0 radical (unpaired) electrons. The highest BCUT2D eigenvalue weighted by molar-refractivity contribution is 5.98. The zero-order chi connectivity index (χ0) is 11.0. The number of nitrogen functional groups attached to an aromatic ring is 1. The van der Waals surface area contributed by atoms with E-state index in [0.717, 1.165) is 16.7 Å². The predicted molar refractivity (Wildman–Crippen MR) is 58.6 cm³/mol. The Morgan fingerprint density at radius 3 is 2.80 bits per heavy atom. The molecule has 76 valence electrons. The van der Waals surface area contributed by atoms with Crippen LogP contribution in [0.1, 0.15) is 5.69 Å². The first-order chi connectivity index (χ1) is 7.20. The molecule has 0 bridgehead atoms. The summed E-state index contributed by atoms with van der Waals surface area (Å²) in [6.07, 6.45) is 0. The number of nitrogens with zero attached hydrogens (tertiary/aromatic N) is 2. The van der Waals surface area contributed by atoms with Crippen LogP contribution in [-0.2, 0) is 7.05 Å². The van der Waals surface area contributed by atoms with E-state index in [1.54, 1.807) is 18.7 Å². The van der Waals surface area contributed by atoms with Crippen molar-refractivity contribution >= 4 is 16.6 Å². The van der Waals surface area contributed by atoms with E-state index < -0.39 is 0 Å². The molecule has 0 fully saturated rings. The third-order valence-corrected chi connectivity index (χ3v) is 2.54. The van der Waals surface area contributed by atoms with Crippen molar-refractivity contribution in [2.24, 2.45) is 7.05 Å². The van der Waals surface area contributed by atoms with E-state index in [-0.39, 0.29) is 0 Å². The number of nitriles is 1. The maximum Gasteiger partial charge on any atom is 0.144 e. The molecule has 4 heteroatoms. The number of nitrogens with two attached hydrogens (primary N) is 1. The Kier molecular flexibility index (Phi) is 2.01. The van der Waals surface area contributed by atoms with E-state index in [1.165, 1.54) is 0 Å². The van der Waals surface area contributed by atoms with Crippen LogP contribution in [0.5, 0.6) is 5.75 Å². The standard InChI is InChI=1S/C11H11N3O/c1-14-8(6-12)10(13)7-4-3-5-9(15-2)11(7)14/h3-5H,13H2,1-2H3. The molecule has 15 heavy (non-hydrogen) atoms. The number of hydrogen-bond acceptors (Lipinski definition) is 3. The van der Waals surface area contributed by atoms with Gasteiger partial charge in [-0.1, -0.05) is 12.1 Å². The van der Waals surface area contributed by atoms with Gasteiger partial charge in [-0.3, -0.25) is 0 Å². The van der Waals surface area contributed by atoms with Crippen molar-refractivity contribution in [3.05, 3.63) is 23.9 Å². The van der Waals surface area contributed by atoms with E-state index >= 15 is 0 Å². The monoisotopic (exact) mass is 201 g/mol. The van der Waals surface area contributed by atoms with Crippen molar-refractivity contribution in [1.29, 1.82) is 5.26 Å². The number of aryl methyl sites for hydroxylation is 1. The quantitative estimate of drug-likeness (QED) is 0.762. The Morgan fingerprint density at radius 1 is 1.47 bits per heavy atom. The topological polar surface area (TPSA) is 64.0 Å². The average molecular weight is 201 g/mol. The lowest BCUT2D eigenvalue weighted by molar-refractivity contribution is 0.418. The normalized spacial score (nSPS) is 10.2. The molecule has 2 aromatic rings. The number of aromatic nitrogens is 1. The van der Waals surface area contributed by atoms with Crippen molar-refractivity contribution < 1.29 is 4.74 Å². The fourth-order valence-corrected chi connectivity index (χ4v) is 1.81. The van der Waals surface area contributed by atoms with Gasteiger partial charge in [-0.15, -0.1) is 0 Å². The molecule has 4 nitrogen and oxygen atoms in total. The summed E-state index contributed by atoms with van der Waals surface area (Å²) in [4.78, 5) is 0. The fourth-order valence-electron chi connectivity index (χ4n) is 1.81. The first-order valence-corrected chi connectivity index (χ1v) is 4.51. The molecule has 0 aliphatic rings. The Balaban J connectivity index is 2.97. The lowest BCUT2D eigenvalue weighted by Gasteiger charge is -2.03. The molecular formula is C11H11N3O. The Bertz CT molecular complexity index is 563. The lowest BCUT2D eigenvalue weighted by atomic mass is 10.2. The van der Waals surface area contributed by atoms with Crippen molar-refractivity contribution in [3.63, 3.8) is 0 Å². The summed E-state index contributed by atoms with van der Waals surface area (Å²) in [5.74, 6) is 0.725. The largest absolute Gasteiger partial charge is 0.495 e. The van der Waals surface area contributed by atoms with Gasteiger partial charge < -0.3 is 15.0 Å². The first kappa shape index (κ1) is 9.41. The highest BCUT2D eigenvalue weighted by atomic mass is 16.5. The van der Waals surface area contributed by atoms with Gasteiger partial charge in [0.25, 0.3) is 0 Å². The molecule has 0 unspecified atom stereocenters. The van der Waals surface area contributed by atoms with E-state index in [4.69, 9.17) is 15.7 Å². The van der Waals surface area contributed by atoms with Gasteiger partial charge in [-0.2, -0.15) is 5.26 Å². The number of rotatable bonds is 1. The summed E-state index contributed by atoms with van der Waals surface area (Å²) in [5, 5.41) is 9.83. The summed E-state index contributed by atoms with van der Waals surface area (Å²) in [7, 11) is 3.41. The minimum atomic E-state index is 0.467. The minimum Gasteiger partial charge on any atom is -0.495 e. The van der Waals surface area contributed by atoms with E-state index in [1.807, 2.05) is 18.2 Å². The van der Waals surface area contributed by atoms with Gasteiger partial charge in [-0.25, -0.2) is 0 Å². The van der Waals surface area contributed by atoms with Crippen LogP contribution in [0.25, 0.3) is 10.9 Å². The molecule has 0 saturated heterocycles. The van der Waals surface area contributed by atoms with E-state index in [9.17, 15) is 0 Å². The summed E-state index contributed by atoms with van der Waals surface area (Å²) >= 11 is 0. The molecule has 0 aliphatic heterocycles. The van der Waals surface area contributed by atoms with Crippen molar-refractivity contribution in [3.8, 4) is 11.8 Å². The van der Waals surface area contributed by atoms with Crippen LogP contribution in [0.4, 0.5) is 5.69 Å². The number of methoxy groups -OCH3 is 1. The van der Waals surface area contributed by atoms with Crippen LogP contribution < -0.4 is 10.5 Å². The Labute approximate surface area is 87.5 Å². The van der Waals surface area contributed by atoms with Crippen molar-refractivity contribution in [2.45, 2.75) is 0 Å². The molecular weight excluding hydrogens is 190 g/mol. The molecule has 1 aromatic carbocycles. The zero-order valence-electron chi connectivity index (χ0n) is 8.61. The Hall–Kier alpha value is -2.15. The SMILES string of the molecule is COc1cccc2c(N)c(C#N)n(C)c12. The van der Waals surface area contributed by atoms with Crippen LogP contribution in [0.3, 0.4) is 0 Å². The third-order valence-electron chi connectivity index (χ3n) is 2.54. The van der Waals surface area contributed by atoms with Crippen LogP contribution in [0.2, 0.25) is 0 Å². The smallest absolute Gasteiger partial charge is 0.144 e. The summed E-state index contributed by atoms with van der Waals surface area (Å²) in [5.41, 5.74) is 7.71. The van der Waals surface area contributed by atoms with Crippen LogP contribution in [-0.4, -0.2) is 11.7 Å². The molecule has 1 heterocycles. The molecule has 0 spiro atoms. The average Bonchev–Trinajstić information content (AvgIpc) is 2.51. The van der Waals surface area contributed by atoms with Crippen LogP contribution in [0.15, 0.2) is 18.2 Å². The van der Waals surface area contributed by atoms with Gasteiger partial charge in [0.2, 0.25) is 0 Å². The fraction of sp³-hybridized carbons (Fsp3) is 0.182. The highest BCUT2D eigenvalue weighted by Crippen LogP contribution is 2.33. The Morgan fingerprint density at radius 2 is 2.20 bits per heavy atom. The van der Waals surface area contributed by atoms with Crippen molar-refractivity contribution in [2.75, 3.05) is 12.8 Å². The summed E-state index contributed by atoms with van der Waals surface area (Å²) < 4.78 is 6.99. The second-order valence-corrected chi connectivity index (χ2v) is 3.29. The van der Waals surface area contributed by atoms with Gasteiger partial charge in [0.05, 0.1) is 18.3 Å². The number of ether oxygens (including phenoxy) is 1. The van der Waals surface area contributed by atoms with Gasteiger partial charge in [0.15, 0.2) is 0 Å². The number of para-hydroxylation sites is 1. The van der Waals surface area contributed by atoms with E-state index in [0.29, 0.717) is 11.4 Å². The van der Waals surface area contributed by atoms with Gasteiger partial charge >= 0.3 is 0 Å². The van der Waals surface area contributed by atoms with Gasteiger partial charge in [-0.05, 0) is 6.07 Å². The highest BCUT2D eigenvalue weighted by Gasteiger charge is 2.14. The van der Waals surface area contributed by atoms with Gasteiger partial charge in [0, 0.05) is 12.4 Å². The zero-order valence-corrected chi connectivity index (χ0v) is 8.61. The molecule has 0 aliphatic carbocycles. The second-order valence-electron chi connectivity index (χ2n) is 3.29. The molecule has 1 aromatic heterocycles.